The van der Waals surface area contributed by atoms with Crippen LogP contribution in [-0.2, 0) is 4.79 Å². The zero-order valence-corrected chi connectivity index (χ0v) is 12.0. The summed E-state index contributed by atoms with van der Waals surface area (Å²) in [6, 6.07) is 0.525. The van der Waals surface area contributed by atoms with Crippen LogP contribution in [0.3, 0.4) is 0 Å². The number of carbonyl (C=O) groups is 1. The second-order valence-electron chi connectivity index (χ2n) is 5.81. The molecule has 1 aliphatic heterocycles. The first-order valence-corrected chi connectivity index (χ1v) is 6.98. The summed E-state index contributed by atoms with van der Waals surface area (Å²) in [5.41, 5.74) is 0. The van der Waals surface area contributed by atoms with E-state index in [1.54, 1.807) is 0 Å². The van der Waals surface area contributed by atoms with Crippen molar-refractivity contribution in [3.8, 4) is 0 Å². The van der Waals surface area contributed by atoms with Crippen LogP contribution in [-0.4, -0.2) is 36.5 Å². The van der Waals surface area contributed by atoms with Crippen molar-refractivity contribution >= 4 is 5.91 Å². The molecule has 3 heteroatoms. The lowest BCUT2D eigenvalue weighted by Gasteiger charge is -2.39. The first kappa shape index (κ1) is 14.5. The highest BCUT2D eigenvalue weighted by Gasteiger charge is 2.31. The summed E-state index contributed by atoms with van der Waals surface area (Å²) in [5, 5.41) is 3.58. The molecule has 0 radical (unpaired) electrons. The van der Waals surface area contributed by atoms with Gasteiger partial charge in [-0.1, -0.05) is 27.7 Å². The van der Waals surface area contributed by atoms with E-state index in [9.17, 15) is 4.79 Å². The van der Waals surface area contributed by atoms with Gasteiger partial charge in [0.1, 0.15) is 0 Å². The number of hydrogen-bond acceptors (Lipinski definition) is 2. The Hall–Kier alpha value is -0.570. The van der Waals surface area contributed by atoms with E-state index in [0.717, 1.165) is 19.6 Å². The second kappa shape index (κ2) is 6.39. The molecule has 0 saturated carbocycles. The van der Waals surface area contributed by atoms with Crippen molar-refractivity contribution in [1.29, 1.82) is 0 Å². The quantitative estimate of drug-likeness (QED) is 0.819. The molecule has 0 aromatic rings. The molecule has 1 amide bonds. The third-order valence-electron chi connectivity index (χ3n) is 3.92. The topological polar surface area (TPSA) is 32.3 Å². The Morgan fingerprint density at radius 3 is 2.41 bits per heavy atom. The molecule has 1 fully saturated rings. The molecule has 1 rings (SSSR count). The third kappa shape index (κ3) is 3.70. The van der Waals surface area contributed by atoms with E-state index in [4.69, 9.17) is 0 Å². The Bertz CT molecular complexity index is 251. The summed E-state index contributed by atoms with van der Waals surface area (Å²) in [7, 11) is 0. The highest BCUT2D eigenvalue weighted by Crippen LogP contribution is 2.24. The fraction of sp³-hybridized carbons (Fsp3) is 0.929. The van der Waals surface area contributed by atoms with E-state index in [-0.39, 0.29) is 0 Å². The van der Waals surface area contributed by atoms with Gasteiger partial charge in [-0.05, 0) is 24.7 Å². The predicted molar refractivity (Wildman–Crippen MR) is 71.8 cm³/mol. The van der Waals surface area contributed by atoms with Gasteiger partial charge in [0.05, 0.1) is 0 Å². The van der Waals surface area contributed by atoms with E-state index >= 15 is 0 Å². The smallest absolute Gasteiger partial charge is 0.223 e. The number of hydrogen-bond donors (Lipinski definition) is 1. The van der Waals surface area contributed by atoms with Gasteiger partial charge in [0.2, 0.25) is 5.91 Å². The van der Waals surface area contributed by atoms with Gasteiger partial charge in [-0.3, -0.25) is 4.79 Å². The Morgan fingerprint density at radius 1 is 1.29 bits per heavy atom. The van der Waals surface area contributed by atoms with Gasteiger partial charge in [0.15, 0.2) is 0 Å². The fourth-order valence-electron chi connectivity index (χ4n) is 2.79. The molecule has 17 heavy (non-hydrogen) atoms. The lowest BCUT2D eigenvalue weighted by atomic mass is 9.81. The van der Waals surface area contributed by atoms with Gasteiger partial charge in [-0.25, -0.2) is 0 Å². The number of rotatable bonds is 3. The van der Waals surface area contributed by atoms with Gasteiger partial charge in [-0.15, -0.1) is 0 Å². The molecule has 2 unspecified atom stereocenters. The van der Waals surface area contributed by atoms with Crippen molar-refractivity contribution in [2.75, 3.05) is 19.6 Å². The van der Waals surface area contributed by atoms with Crippen molar-refractivity contribution in [3.05, 3.63) is 0 Å². The predicted octanol–water partition coefficient (Wildman–Crippen LogP) is 2.12. The molecule has 100 valence electrons. The van der Waals surface area contributed by atoms with Crippen molar-refractivity contribution in [1.82, 2.24) is 10.2 Å². The zero-order chi connectivity index (χ0) is 13.0. The molecule has 3 nitrogen and oxygen atoms in total. The number of amides is 1. The van der Waals surface area contributed by atoms with Crippen LogP contribution in [0.15, 0.2) is 0 Å². The van der Waals surface area contributed by atoms with Gasteiger partial charge >= 0.3 is 0 Å². The Labute approximate surface area is 106 Å². The molecule has 0 aliphatic carbocycles. The van der Waals surface area contributed by atoms with Crippen LogP contribution in [0.2, 0.25) is 0 Å². The average molecular weight is 240 g/mol. The van der Waals surface area contributed by atoms with Gasteiger partial charge in [0.25, 0.3) is 0 Å². The molecule has 0 aromatic carbocycles. The maximum Gasteiger partial charge on any atom is 0.223 e. The molecule has 0 spiro atoms. The molecular weight excluding hydrogens is 212 g/mol. The molecular formula is C14H28N2O. The fourth-order valence-corrected chi connectivity index (χ4v) is 2.79. The van der Waals surface area contributed by atoms with Crippen LogP contribution in [0.1, 0.15) is 41.0 Å². The van der Waals surface area contributed by atoms with Gasteiger partial charge < -0.3 is 10.2 Å². The van der Waals surface area contributed by atoms with Crippen molar-refractivity contribution in [2.24, 2.45) is 17.8 Å². The molecule has 0 bridgehead atoms. The molecule has 1 heterocycles. The van der Waals surface area contributed by atoms with E-state index in [1.165, 1.54) is 0 Å². The molecule has 1 N–H and O–H groups in total. The number of carbonyl (C=O) groups excluding carboxylic acids is 1. The molecule has 1 saturated heterocycles. The van der Waals surface area contributed by atoms with Crippen LogP contribution in [0.5, 0.6) is 0 Å². The van der Waals surface area contributed by atoms with E-state index in [1.807, 2.05) is 4.90 Å². The van der Waals surface area contributed by atoms with Gasteiger partial charge in [-0.2, -0.15) is 0 Å². The maximum absolute atomic E-state index is 11.9. The van der Waals surface area contributed by atoms with E-state index < -0.39 is 0 Å². The minimum atomic E-state index is 0.299. The van der Waals surface area contributed by atoms with Crippen LogP contribution in [0.4, 0.5) is 0 Å². The SMILES string of the molecule is CCN1CC(C(C)C)C(C(C)C)NCCC1=O. The van der Waals surface area contributed by atoms with Crippen LogP contribution >= 0.6 is 0 Å². The maximum atomic E-state index is 11.9. The summed E-state index contributed by atoms with van der Waals surface area (Å²) in [5.74, 6) is 2.08. The second-order valence-corrected chi connectivity index (χ2v) is 5.81. The Morgan fingerprint density at radius 2 is 1.94 bits per heavy atom. The molecule has 1 aliphatic rings. The zero-order valence-electron chi connectivity index (χ0n) is 12.0. The van der Waals surface area contributed by atoms with Crippen molar-refractivity contribution < 1.29 is 4.79 Å². The standard InChI is InChI=1S/C14H28N2O/c1-6-16-9-12(10(2)3)14(11(4)5)15-8-7-13(16)17/h10-12,14-15H,6-9H2,1-5H3. The van der Waals surface area contributed by atoms with Crippen molar-refractivity contribution in [2.45, 2.75) is 47.1 Å². The van der Waals surface area contributed by atoms with Crippen LogP contribution in [0, 0.1) is 17.8 Å². The van der Waals surface area contributed by atoms with Crippen LogP contribution < -0.4 is 5.32 Å². The minimum Gasteiger partial charge on any atom is -0.343 e. The van der Waals surface area contributed by atoms with Gasteiger partial charge in [0, 0.05) is 32.1 Å². The normalized spacial score (nSPS) is 27.5. The first-order chi connectivity index (χ1) is 7.97. The van der Waals surface area contributed by atoms with Crippen molar-refractivity contribution in [3.63, 3.8) is 0 Å². The monoisotopic (exact) mass is 240 g/mol. The molecule has 0 aromatic heterocycles. The Balaban J connectivity index is 2.84. The van der Waals surface area contributed by atoms with E-state index in [0.29, 0.717) is 36.1 Å². The largest absolute Gasteiger partial charge is 0.343 e. The van der Waals surface area contributed by atoms with E-state index in [2.05, 4.69) is 39.9 Å². The summed E-state index contributed by atoms with van der Waals surface area (Å²) in [6.07, 6.45) is 0.641. The van der Waals surface area contributed by atoms with Crippen LogP contribution in [0.25, 0.3) is 0 Å². The lowest BCUT2D eigenvalue weighted by molar-refractivity contribution is -0.132. The highest BCUT2D eigenvalue weighted by atomic mass is 16.2. The third-order valence-corrected chi connectivity index (χ3v) is 3.92. The minimum absolute atomic E-state index is 0.299. The highest BCUT2D eigenvalue weighted by molar-refractivity contribution is 5.76. The summed E-state index contributed by atoms with van der Waals surface area (Å²) in [4.78, 5) is 14.0. The average Bonchev–Trinajstić information content (AvgIpc) is 2.23. The summed E-state index contributed by atoms with van der Waals surface area (Å²) < 4.78 is 0. The lowest BCUT2D eigenvalue weighted by Crippen LogP contribution is -2.52. The number of nitrogens with zero attached hydrogens (tertiary/aromatic N) is 1. The first-order valence-electron chi connectivity index (χ1n) is 6.98. The molecule has 2 atom stereocenters. The summed E-state index contributed by atoms with van der Waals surface area (Å²) in [6.45, 7) is 13.7. The number of nitrogens with one attached hydrogen (secondary N) is 1. The Kier molecular flexibility index (Phi) is 5.44. The summed E-state index contributed by atoms with van der Waals surface area (Å²) >= 11 is 0.